The van der Waals surface area contributed by atoms with Gasteiger partial charge in [0.15, 0.2) is 5.92 Å². The first-order valence-corrected chi connectivity index (χ1v) is 12.7. The summed E-state index contributed by atoms with van der Waals surface area (Å²) in [5.74, 6) is -7.33. The van der Waals surface area contributed by atoms with Gasteiger partial charge in [-0.25, -0.2) is 8.42 Å². The number of anilines is 1. The number of phenolic OH excluding ortho intramolecular Hbond substituents is 1. The summed E-state index contributed by atoms with van der Waals surface area (Å²) >= 11 is 0. The van der Waals surface area contributed by atoms with Crippen molar-refractivity contribution in [3.8, 4) is 5.75 Å². The largest absolute Gasteiger partial charge is 0.507 e. The van der Waals surface area contributed by atoms with E-state index in [2.05, 4.69) is 4.72 Å². The summed E-state index contributed by atoms with van der Waals surface area (Å²) < 4.78 is 74.4. The Morgan fingerprint density at radius 1 is 0.946 bits per heavy atom. The van der Waals surface area contributed by atoms with Crippen LogP contribution in [0.1, 0.15) is 42.0 Å². The van der Waals surface area contributed by atoms with Crippen molar-refractivity contribution in [2.45, 2.75) is 57.7 Å². The number of alkyl halides is 3. The zero-order valence-electron chi connectivity index (χ0n) is 20.7. The summed E-state index contributed by atoms with van der Waals surface area (Å²) in [7, 11) is -4.27. The first kappa shape index (κ1) is 28.0. The smallest absolute Gasteiger partial charge is 0.451 e. The van der Waals surface area contributed by atoms with Gasteiger partial charge in [0.05, 0.1) is 16.7 Å². The van der Waals surface area contributed by atoms with E-state index in [-0.39, 0.29) is 21.4 Å². The van der Waals surface area contributed by atoms with Crippen molar-refractivity contribution in [1.29, 1.82) is 0 Å². The number of rotatable bonds is 7. The third-order valence-corrected chi connectivity index (χ3v) is 7.32. The molecule has 2 N–H and O–H groups in total. The van der Waals surface area contributed by atoms with Crippen molar-refractivity contribution < 1.29 is 41.0 Å². The van der Waals surface area contributed by atoms with E-state index in [1.165, 1.54) is 44.2 Å². The monoisotopic (exact) mass is 537 g/mol. The van der Waals surface area contributed by atoms with Gasteiger partial charge in [0, 0.05) is 16.3 Å². The van der Waals surface area contributed by atoms with E-state index in [0.29, 0.717) is 11.1 Å². The quantitative estimate of drug-likeness (QED) is 0.236. The third kappa shape index (κ3) is 5.71. The van der Waals surface area contributed by atoms with Crippen molar-refractivity contribution in [3.63, 3.8) is 0 Å². The molecule has 37 heavy (non-hydrogen) atoms. The van der Waals surface area contributed by atoms with E-state index in [9.17, 15) is 36.3 Å². The Morgan fingerprint density at radius 2 is 1.51 bits per heavy atom. The number of ketones is 1. The van der Waals surface area contributed by atoms with E-state index in [1.54, 1.807) is 19.9 Å². The maximum Gasteiger partial charge on any atom is 0.451 e. The van der Waals surface area contributed by atoms with Gasteiger partial charge in [0.25, 0.3) is 15.8 Å². The van der Waals surface area contributed by atoms with Gasteiger partial charge in [-0.2, -0.15) is 13.2 Å². The second-order valence-corrected chi connectivity index (χ2v) is 10.6. The zero-order chi connectivity index (χ0) is 27.9. The summed E-state index contributed by atoms with van der Waals surface area (Å²) in [6, 6.07) is 9.78. The normalized spacial score (nSPS) is 13.0. The highest BCUT2D eigenvalue weighted by Crippen LogP contribution is 2.42. The number of carbonyl (C=O) groups excluding carboxylic acids is 2. The average molecular weight is 538 g/mol. The van der Waals surface area contributed by atoms with Gasteiger partial charge < -0.3 is 9.84 Å². The predicted octanol–water partition coefficient (Wildman–Crippen LogP) is 5.44. The molecular weight excluding hydrogens is 511 g/mol. The van der Waals surface area contributed by atoms with Crippen LogP contribution in [0.4, 0.5) is 18.9 Å². The van der Waals surface area contributed by atoms with Crippen LogP contribution in [0.3, 0.4) is 0 Å². The molecule has 0 saturated carbocycles. The SMILES string of the molecule is Cc1cc(C)c(S(=O)(=O)Nc2cc([C@H](C(=O)OC(C)C)C(=O)C(F)(F)F)c(O)c3ccccc23)cc1C. The minimum Gasteiger partial charge on any atom is -0.507 e. The lowest BCUT2D eigenvalue weighted by Crippen LogP contribution is -2.35. The number of hydrogen-bond donors (Lipinski definition) is 2. The Kier molecular flexibility index (Phi) is 7.59. The van der Waals surface area contributed by atoms with Crippen LogP contribution in [0.15, 0.2) is 47.4 Å². The van der Waals surface area contributed by atoms with Gasteiger partial charge in [-0.15, -0.1) is 0 Å². The lowest BCUT2D eigenvalue weighted by Gasteiger charge is -2.22. The molecule has 11 heteroatoms. The molecule has 198 valence electrons. The summed E-state index contributed by atoms with van der Waals surface area (Å²) in [6.45, 7) is 7.92. The lowest BCUT2D eigenvalue weighted by molar-refractivity contribution is -0.178. The number of aryl methyl sites for hydroxylation is 3. The van der Waals surface area contributed by atoms with Crippen molar-refractivity contribution >= 4 is 38.2 Å². The third-order valence-electron chi connectivity index (χ3n) is 5.81. The van der Waals surface area contributed by atoms with Crippen molar-refractivity contribution in [2.24, 2.45) is 0 Å². The van der Waals surface area contributed by atoms with Crippen LogP contribution < -0.4 is 4.72 Å². The van der Waals surface area contributed by atoms with Crippen LogP contribution in [0.2, 0.25) is 0 Å². The van der Waals surface area contributed by atoms with Crippen LogP contribution in [-0.4, -0.2) is 37.6 Å². The van der Waals surface area contributed by atoms with Gasteiger partial charge in [0.2, 0.25) is 0 Å². The Hall–Kier alpha value is -3.60. The Bertz CT molecular complexity index is 1500. The van der Waals surface area contributed by atoms with Crippen LogP contribution in [0.5, 0.6) is 5.75 Å². The number of Topliss-reactive ketones (excluding diaryl/α,β-unsaturated/α-hetero) is 1. The lowest BCUT2D eigenvalue weighted by atomic mass is 9.90. The van der Waals surface area contributed by atoms with Gasteiger partial charge >= 0.3 is 12.1 Å². The number of phenols is 1. The molecule has 0 radical (unpaired) electrons. The van der Waals surface area contributed by atoms with Gasteiger partial charge in [-0.3, -0.25) is 14.3 Å². The van der Waals surface area contributed by atoms with Crippen molar-refractivity contribution in [1.82, 2.24) is 0 Å². The molecular formula is C26H26F3NO6S. The standard InChI is InChI=1S/C26H26F3NO6S/c1-13(2)36-25(33)22(24(32)26(27,28)29)19-12-20(17-8-6-7-9-18(17)23(19)31)30-37(34,35)21-11-15(4)14(3)10-16(21)5/h6-13,22,30-31H,1-5H3/t22-/m0/s1. The first-order chi connectivity index (χ1) is 17.0. The summed E-state index contributed by atoms with van der Waals surface area (Å²) in [5, 5.41) is 10.9. The van der Waals surface area contributed by atoms with E-state index >= 15 is 0 Å². The Balaban J connectivity index is 2.28. The maximum absolute atomic E-state index is 13.5. The second-order valence-electron chi connectivity index (χ2n) is 9.00. The highest BCUT2D eigenvalue weighted by Gasteiger charge is 2.49. The molecule has 0 bridgehead atoms. The molecule has 1 atom stereocenters. The van der Waals surface area contributed by atoms with Crippen LogP contribution in [0, 0.1) is 20.8 Å². The minimum atomic E-state index is -5.44. The number of nitrogens with one attached hydrogen (secondary N) is 1. The molecule has 0 fully saturated rings. The molecule has 0 saturated heterocycles. The highest BCUT2D eigenvalue weighted by atomic mass is 32.2. The number of benzene rings is 3. The van der Waals surface area contributed by atoms with E-state index in [1.807, 2.05) is 6.92 Å². The maximum atomic E-state index is 13.5. The first-order valence-electron chi connectivity index (χ1n) is 11.2. The van der Waals surface area contributed by atoms with Crippen molar-refractivity contribution in [3.05, 3.63) is 64.7 Å². The van der Waals surface area contributed by atoms with E-state index in [0.717, 1.165) is 11.6 Å². The summed E-state index contributed by atoms with van der Waals surface area (Å²) in [4.78, 5) is 24.9. The number of aromatic hydroxyl groups is 1. The number of ether oxygens (including phenoxy) is 1. The van der Waals surface area contributed by atoms with Crippen molar-refractivity contribution in [2.75, 3.05) is 4.72 Å². The van der Waals surface area contributed by atoms with Gasteiger partial charge in [-0.05, 0) is 63.4 Å². The van der Waals surface area contributed by atoms with E-state index in [4.69, 9.17) is 4.74 Å². The molecule has 0 aromatic heterocycles. The summed E-state index contributed by atoms with van der Waals surface area (Å²) in [6.07, 6.45) is -6.29. The molecule has 3 rings (SSSR count). The molecule has 0 aliphatic carbocycles. The predicted molar refractivity (Wildman–Crippen MR) is 132 cm³/mol. The number of fused-ring (bicyclic) bond motifs is 1. The second kappa shape index (κ2) is 10.0. The number of carbonyl (C=O) groups is 2. The molecule has 0 spiro atoms. The van der Waals surface area contributed by atoms with Crippen LogP contribution in [0.25, 0.3) is 10.8 Å². The molecule has 3 aromatic carbocycles. The number of halogens is 3. The molecule has 0 unspecified atom stereocenters. The molecule has 7 nitrogen and oxygen atoms in total. The Labute approximate surface area is 212 Å². The average Bonchev–Trinajstić information content (AvgIpc) is 2.78. The van der Waals surface area contributed by atoms with Crippen LogP contribution >= 0.6 is 0 Å². The molecule has 0 heterocycles. The van der Waals surface area contributed by atoms with E-state index < -0.39 is 51.3 Å². The number of hydrogen-bond acceptors (Lipinski definition) is 6. The van der Waals surface area contributed by atoms with Crippen LogP contribution in [-0.2, 0) is 24.3 Å². The minimum absolute atomic E-state index is 0.0589. The zero-order valence-corrected chi connectivity index (χ0v) is 21.5. The highest BCUT2D eigenvalue weighted by molar-refractivity contribution is 7.92. The fourth-order valence-electron chi connectivity index (χ4n) is 3.95. The molecule has 0 aliphatic heterocycles. The fourth-order valence-corrected chi connectivity index (χ4v) is 5.33. The molecule has 0 aliphatic rings. The summed E-state index contributed by atoms with van der Waals surface area (Å²) in [5.41, 5.74) is 1.05. The number of sulfonamides is 1. The Morgan fingerprint density at radius 3 is 2.08 bits per heavy atom. The fraction of sp³-hybridized carbons (Fsp3) is 0.308. The number of esters is 1. The molecule has 0 amide bonds. The van der Waals surface area contributed by atoms with Gasteiger partial charge in [0.1, 0.15) is 5.75 Å². The topological polar surface area (TPSA) is 110 Å². The molecule has 3 aromatic rings. The van der Waals surface area contributed by atoms with Gasteiger partial charge in [-0.1, -0.05) is 30.3 Å².